The molecule has 82 valence electrons. The second kappa shape index (κ2) is 6.05. The van der Waals surface area contributed by atoms with Gasteiger partial charge < -0.3 is 4.90 Å². The molecule has 1 fully saturated rings. The van der Waals surface area contributed by atoms with Crippen molar-refractivity contribution in [3.63, 3.8) is 0 Å². The molecule has 1 heterocycles. The number of carbonyl (C=O) groups is 1. The normalized spacial score (nSPS) is 22.4. The Bertz CT molecular complexity index is 179. The largest absolute Gasteiger partial charge is 0.340 e. The first-order valence-electron chi connectivity index (χ1n) is 6.09. The van der Waals surface area contributed by atoms with Crippen LogP contribution in [-0.2, 0) is 4.79 Å². The first-order valence-corrected chi connectivity index (χ1v) is 6.09. The van der Waals surface area contributed by atoms with E-state index in [9.17, 15) is 4.79 Å². The molecule has 1 rings (SSSR count). The lowest BCUT2D eigenvalue weighted by atomic mass is 9.99. The van der Waals surface area contributed by atoms with Gasteiger partial charge in [0.25, 0.3) is 0 Å². The van der Waals surface area contributed by atoms with Gasteiger partial charge in [-0.2, -0.15) is 0 Å². The summed E-state index contributed by atoms with van der Waals surface area (Å²) in [6.07, 6.45) is 7.77. The predicted octanol–water partition coefficient (Wildman–Crippen LogP) is 2.97. The molecule has 0 N–H and O–H groups in total. The number of unbranched alkanes of at least 4 members (excludes halogenated alkanes) is 1. The highest BCUT2D eigenvalue weighted by Gasteiger charge is 2.24. The molecular weight excluding hydrogens is 174 g/mol. The Morgan fingerprint density at radius 1 is 1.36 bits per heavy atom. The van der Waals surface area contributed by atoms with Crippen molar-refractivity contribution in [3.05, 3.63) is 0 Å². The summed E-state index contributed by atoms with van der Waals surface area (Å²) in [5, 5.41) is 0. The number of nitrogens with zero attached hydrogens (tertiary/aromatic N) is 1. The van der Waals surface area contributed by atoms with E-state index in [4.69, 9.17) is 0 Å². The highest BCUT2D eigenvalue weighted by molar-refractivity contribution is 5.76. The van der Waals surface area contributed by atoms with E-state index in [1.807, 2.05) is 0 Å². The van der Waals surface area contributed by atoms with Crippen LogP contribution in [-0.4, -0.2) is 23.4 Å². The molecule has 0 saturated carbocycles. The summed E-state index contributed by atoms with van der Waals surface area (Å²) in [5.41, 5.74) is 0. The van der Waals surface area contributed by atoms with E-state index in [0.29, 0.717) is 11.9 Å². The zero-order chi connectivity index (χ0) is 10.4. The molecule has 1 aliphatic heterocycles. The van der Waals surface area contributed by atoms with E-state index in [2.05, 4.69) is 18.7 Å². The fraction of sp³-hybridized carbons (Fsp3) is 0.917. The third kappa shape index (κ3) is 3.00. The Morgan fingerprint density at radius 2 is 2.14 bits per heavy atom. The highest BCUT2D eigenvalue weighted by atomic mass is 16.2. The summed E-state index contributed by atoms with van der Waals surface area (Å²) in [6.45, 7) is 5.33. The van der Waals surface area contributed by atoms with Crippen LogP contribution < -0.4 is 0 Å². The molecule has 0 aromatic carbocycles. The monoisotopic (exact) mass is 197 g/mol. The average Bonchev–Trinajstić information content (AvgIpc) is 2.25. The number of rotatable bonds is 4. The van der Waals surface area contributed by atoms with Crippen molar-refractivity contribution in [3.8, 4) is 0 Å². The molecule has 1 aliphatic rings. The molecule has 0 spiro atoms. The van der Waals surface area contributed by atoms with Crippen LogP contribution in [0.5, 0.6) is 0 Å². The maximum atomic E-state index is 11.9. The number of hydrogen-bond acceptors (Lipinski definition) is 1. The van der Waals surface area contributed by atoms with Crippen molar-refractivity contribution in [2.45, 2.75) is 64.8 Å². The molecule has 1 unspecified atom stereocenters. The summed E-state index contributed by atoms with van der Waals surface area (Å²) in [4.78, 5) is 14.0. The quantitative estimate of drug-likeness (QED) is 0.678. The van der Waals surface area contributed by atoms with Gasteiger partial charge in [-0.05, 0) is 32.1 Å². The minimum Gasteiger partial charge on any atom is -0.340 e. The van der Waals surface area contributed by atoms with Crippen LogP contribution in [0.4, 0.5) is 0 Å². The summed E-state index contributed by atoms with van der Waals surface area (Å²) in [5.74, 6) is 0.387. The lowest BCUT2D eigenvalue weighted by Crippen LogP contribution is -2.43. The fourth-order valence-corrected chi connectivity index (χ4v) is 2.22. The fourth-order valence-electron chi connectivity index (χ4n) is 2.22. The number of amides is 1. The average molecular weight is 197 g/mol. The van der Waals surface area contributed by atoms with Crippen LogP contribution >= 0.6 is 0 Å². The smallest absolute Gasteiger partial charge is 0.222 e. The Kier molecular flexibility index (Phi) is 4.99. The van der Waals surface area contributed by atoms with Crippen molar-refractivity contribution in [1.29, 1.82) is 0 Å². The van der Waals surface area contributed by atoms with Crippen molar-refractivity contribution in [2.24, 2.45) is 0 Å². The van der Waals surface area contributed by atoms with E-state index in [-0.39, 0.29) is 0 Å². The van der Waals surface area contributed by atoms with E-state index in [0.717, 1.165) is 32.2 Å². The van der Waals surface area contributed by atoms with E-state index in [1.54, 1.807) is 0 Å². The molecule has 0 radical (unpaired) electrons. The summed E-state index contributed by atoms with van der Waals surface area (Å²) >= 11 is 0. The number of likely N-dealkylation sites (tertiary alicyclic amines) is 1. The van der Waals surface area contributed by atoms with Gasteiger partial charge in [0, 0.05) is 19.0 Å². The Labute approximate surface area is 87.7 Å². The topological polar surface area (TPSA) is 20.3 Å². The Balaban J connectivity index is 2.41. The van der Waals surface area contributed by atoms with Crippen LogP contribution in [0.15, 0.2) is 0 Å². The standard InChI is InChI=1S/C12H23NO/c1-3-5-9-12(14)13-10-7-6-8-11(13)4-2/h11H,3-10H2,1-2H3. The molecule has 0 aromatic heterocycles. The highest BCUT2D eigenvalue weighted by Crippen LogP contribution is 2.20. The maximum absolute atomic E-state index is 11.9. The lowest BCUT2D eigenvalue weighted by Gasteiger charge is -2.35. The third-order valence-electron chi connectivity index (χ3n) is 3.16. The minimum absolute atomic E-state index is 0.387. The molecule has 0 bridgehead atoms. The zero-order valence-electron chi connectivity index (χ0n) is 9.59. The van der Waals surface area contributed by atoms with Gasteiger partial charge >= 0.3 is 0 Å². The molecule has 1 saturated heterocycles. The van der Waals surface area contributed by atoms with Gasteiger partial charge in [0.15, 0.2) is 0 Å². The van der Waals surface area contributed by atoms with Gasteiger partial charge in [0.2, 0.25) is 5.91 Å². The molecule has 0 aromatic rings. The van der Waals surface area contributed by atoms with E-state index >= 15 is 0 Å². The van der Waals surface area contributed by atoms with E-state index in [1.165, 1.54) is 19.3 Å². The molecule has 1 atom stereocenters. The summed E-state index contributed by atoms with van der Waals surface area (Å²) in [6, 6.07) is 0.535. The van der Waals surface area contributed by atoms with Crippen LogP contribution in [0.1, 0.15) is 58.8 Å². The molecule has 1 amide bonds. The van der Waals surface area contributed by atoms with Crippen molar-refractivity contribution < 1.29 is 4.79 Å². The van der Waals surface area contributed by atoms with Gasteiger partial charge in [0.1, 0.15) is 0 Å². The van der Waals surface area contributed by atoms with Crippen LogP contribution in [0, 0.1) is 0 Å². The minimum atomic E-state index is 0.387. The molecule has 2 nitrogen and oxygen atoms in total. The SMILES string of the molecule is CCCCC(=O)N1CCCCC1CC. The number of piperidine rings is 1. The van der Waals surface area contributed by atoms with Gasteiger partial charge in [-0.3, -0.25) is 4.79 Å². The molecule has 14 heavy (non-hydrogen) atoms. The molecule has 2 heteroatoms. The lowest BCUT2D eigenvalue weighted by molar-refractivity contribution is -0.135. The summed E-state index contributed by atoms with van der Waals surface area (Å²) in [7, 11) is 0. The zero-order valence-corrected chi connectivity index (χ0v) is 9.59. The van der Waals surface area contributed by atoms with Crippen molar-refractivity contribution in [2.75, 3.05) is 6.54 Å². The van der Waals surface area contributed by atoms with Gasteiger partial charge in [-0.1, -0.05) is 20.3 Å². The van der Waals surface area contributed by atoms with Crippen LogP contribution in [0.25, 0.3) is 0 Å². The van der Waals surface area contributed by atoms with Crippen molar-refractivity contribution in [1.82, 2.24) is 4.90 Å². The van der Waals surface area contributed by atoms with Crippen LogP contribution in [0.3, 0.4) is 0 Å². The van der Waals surface area contributed by atoms with E-state index < -0.39 is 0 Å². The molecule has 0 aliphatic carbocycles. The second-order valence-corrected chi connectivity index (χ2v) is 4.25. The van der Waals surface area contributed by atoms with Gasteiger partial charge in [0.05, 0.1) is 0 Å². The molecular formula is C12H23NO. The first kappa shape index (κ1) is 11.5. The second-order valence-electron chi connectivity index (χ2n) is 4.25. The summed E-state index contributed by atoms with van der Waals surface area (Å²) < 4.78 is 0. The Hall–Kier alpha value is -0.530. The van der Waals surface area contributed by atoms with Gasteiger partial charge in [-0.25, -0.2) is 0 Å². The van der Waals surface area contributed by atoms with Crippen LogP contribution in [0.2, 0.25) is 0 Å². The Morgan fingerprint density at radius 3 is 2.79 bits per heavy atom. The predicted molar refractivity (Wildman–Crippen MR) is 59.2 cm³/mol. The third-order valence-corrected chi connectivity index (χ3v) is 3.16. The van der Waals surface area contributed by atoms with Gasteiger partial charge in [-0.15, -0.1) is 0 Å². The first-order chi connectivity index (χ1) is 6.79. The number of hydrogen-bond donors (Lipinski definition) is 0. The number of carbonyl (C=O) groups excluding carboxylic acids is 1. The maximum Gasteiger partial charge on any atom is 0.222 e. The van der Waals surface area contributed by atoms with Crippen molar-refractivity contribution >= 4 is 5.91 Å².